The second-order valence-electron chi connectivity index (χ2n) is 4.20. The lowest BCUT2D eigenvalue weighted by Gasteiger charge is -2.20. The Hall–Kier alpha value is -1.28. The summed E-state index contributed by atoms with van der Waals surface area (Å²) in [6, 6.07) is -2.49. The molecule has 3 unspecified atom stereocenters. The molecule has 0 saturated heterocycles. The first-order valence-electron chi connectivity index (χ1n) is 5.87. The second kappa shape index (κ2) is 8.76. The highest BCUT2D eigenvalue weighted by Crippen LogP contribution is 2.02. The van der Waals surface area contributed by atoms with Crippen LogP contribution in [0.3, 0.4) is 0 Å². The molecule has 0 radical (unpaired) electrons. The van der Waals surface area contributed by atoms with E-state index in [0.29, 0.717) is 12.2 Å². The number of carbonyl (C=O) groups excluding carboxylic acids is 2. The lowest BCUT2D eigenvalue weighted by Crippen LogP contribution is -2.53. The number of carbonyl (C=O) groups is 3. The Kier molecular flexibility index (Phi) is 8.17. The molecule has 0 heterocycles. The molecule has 0 bridgehead atoms. The van der Waals surface area contributed by atoms with E-state index in [-0.39, 0.29) is 0 Å². The number of nitrogens with two attached hydrogens (primary N) is 1. The molecule has 0 spiro atoms. The van der Waals surface area contributed by atoms with Gasteiger partial charge in [-0.1, -0.05) is 0 Å². The van der Waals surface area contributed by atoms with Crippen molar-refractivity contribution >= 4 is 29.5 Å². The Morgan fingerprint density at radius 1 is 1.21 bits per heavy atom. The van der Waals surface area contributed by atoms with Crippen molar-refractivity contribution in [2.75, 3.05) is 12.0 Å². The van der Waals surface area contributed by atoms with Crippen molar-refractivity contribution in [1.82, 2.24) is 10.6 Å². The smallest absolute Gasteiger partial charge is 0.325 e. The number of hydrogen-bond acceptors (Lipinski definition) is 5. The molecule has 5 N–H and O–H groups in total. The summed E-state index contributed by atoms with van der Waals surface area (Å²) < 4.78 is 0. The number of nitrogens with one attached hydrogen (secondary N) is 2. The molecule has 0 aliphatic carbocycles. The van der Waals surface area contributed by atoms with Crippen molar-refractivity contribution in [3.8, 4) is 0 Å². The highest BCUT2D eigenvalue weighted by atomic mass is 32.2. The average molecular weight is 291 g/mol. The van der Waals surface area contributed by atoms with Crippen LogP contribution in [0.25, 0.3) is 0 Å². The molecule has 7 nitrogen and oxygen atoms in total. The van der Waals surface area contributed by atoms with Crippen molar-refractivity contribution in [3.05, 3.63) is 0 Å². The molecule has 110 valence electrons. The predicted molar refractivity (Wildman–Crippen MR) is 73.8 cm³/mol. The van der Waals surface area contributed by atoms with Crippen LogP contribution < -0.4 is 16.4 Å². The largest absolute Gasteiger partial charge is 0.480 e. The SMILES string of the molecule is CSCCC(NC(=O)C(C)N)C(=O)NC(C)C(=O)O. The van der Waals surface area contributed by atoms with Gasteiger partial charge < -0.3 is 21.5 Å². The van der Waals surface area contributed by atoms with E-state index in [2.05, 4.69) is 10.6 Å². The number of thioether (sulfide) groups is 1. The van der Waals surface area contributed by atoms with Crippen LogP contribution in [-0.2, 0) is 14.4 Å². The molecule has 0 aromatic carbocycles. The molecule has 3 atom stereocenters. The number of carboxylic acids is 1. The molecule has 0 saturated carbocycles. The third-order valence-corrected chi connectivity index (χ3v) is 3.03. The third-order valence-electron chi connectivity index (χ3n) is 2.39. The molecule has 0 aliphatic rings. The van der Waals surface area contributed by atoms with Gasteiger partial charge in [-0.25, -0.2) is 0 Å². The fourth-order valence-electron chi connectivity index (χ4n) is 1.18. The number of amides is 2. The number of aliphatic carboxylic acids is 1. The van der Waals surface area contributed by atoms with Crippen LogP contribution in [0.5, 0.6) is 0 Å². The fourth-order valence-corrected chi connectivity index (χ4v) is 1.65. The Bertz CT molecular complexity index is 336. The van der Waals surface area contributed by atoms with Gasteiger partial charge >= 0.3 is 5.97 Å². The van der Waals surface area contributed by atoms with Crippen molar-refractivity contribution in [2.24, 2.45) is 5.73 Å². The van der Waals surface area contributed by atoms with E-state index in [4.69, 9.17) is 10.8 Å². The van der Waals surface area contributed by atoms with Gasteiger partial charge in [-0.15, -0.1) is 0 Å². The quantitative estimate of drug-likeness (QED) is 0.463. The van der Waals surface area contributed by atoms with E-state index in [1.54, 1.807) is 0 Å². The summed E-state index contributed by atoms with van der Waals surface area (Å²) in [6.07, 6.45) is 2.29. The van der Waals surface area contributed by atoms with Gasteiger partial charge in [0, 0.05) is 0 Å². The lowest BCUT2D eigenvalue weighted by molar-refractivity contribution is -0.141. The standard InChI is InChI=1S/C11H21N3O4S/c1-6(12)9(15)14-8(4-5-19-3)10(16)13-7(2)11(17)18/h6-8H,4-5,12H2,1-3H3,(H,13,16)(H,14,15)(H,17,18). The summed E-state index contributed by atoms with van der Waals surface area (Å²) in [5.74, 6) is -1.42. The molecule has 8 heteroatoms. The van der Waals surface area contributed by atoms with Crippen molar-refractivity contribution in [2.45, 2.75) is 38.4 Å². The highest BCUT2D eigenvalue weighted by Gasteiger charge is 2.24. The van der Waals surface area contributed by atoms with Gasteiger partial charge in [0.25, 0.3) is 0 Å². The van der Waals surface area contributed by atoms with E-state index in [1.807, 2.05) is 6.26 Å². The van der Waals surface area contributed by atoms with Crippen LogP contribution in [0.4, 0.5) is 0 Å². The normalized spacial score (nSPS) is 15.2. The van der Waals surface area contributed by atoms with Crippen LogP contribution in [0.1, 0.15) is 20.3 Å². The van der Waals surface area contributed by atoms with Gasteiger partial charge in [0.15, 0.2) is 0 Å². The van der Waals surface area contributed by atoms with Crippen molar-refractivity contribution < 1.29 is 19.5 Å². The molecule has 0 aromatic rings. The predicted octanol–water partition coefficient (Wildman–Crippen LogP) is -0.839. The molecule has 2 amide bonds. The minimum atomic E-state index is -1.13. The first kappa shape index (κ1) is 17.7. The van der Waals surface area contributed by atoms with Crippen LogP contribution in [0.15, 0.2) is 0 Å². The zero-order chi connectivity index (χ0) is 15.0. The molecular weight excluding hydrogens is 270 g/mol. The number of rotatable bonds is 8. The first-order valence-corrected chi connectivity index (χ1v) is 7.27. The molecule has 19 heavy (non-hydrogen) atoms. The molecule has 0 aromatic heterocycles. The topological polar surface area (TPSA) is 122 Å². The summed E-state index contributed by atoms with van der Waals surface area (Å²) in [6.45, 7) is 2.87. The van der Waals surface area contributed by atoms with Gasteiger partial charge in [-0.05, 0) is 32.3 Å². The monoisotopic (exact) mass is 291 g/mol. The van der Waals surface area contributed by atoms with Crippen molar-refractivity contribution in [3.63, 3.8) is 0 Å². The van der Waals surface area contributed by atoms with Gasteiger partial charge in [-0.2, -0.15) is 11.8 Å². The van der Waals surface area contributed by atoms with E-state index in [0.717, 1.165) is 0 Å². The molecule has 0 aliphatic heterocycles. The van der Waals surface area contributed by atoms with E-state index < -0.39 is 35.9 Å². The summed E-state index contributed by atoms with van der Waals surface area (Å²) >= 11 is 1.53. The zero-order valence-corrected chi connectivity index (χ0v) is 12.1. The minimum absolute atomic E-state index is 0.414. The summed E-state index contributed by atoms with van der Waals surface area (Å²) in [7, 11) is 0. The van der Waals surface area contributed by atoms with Gasteiger partial charge in [-0.3, -0.25) is 14.4 Å². The van der Waals surface area contributed by atoms with Crippen LogP contribution in [-0.4, -0.2) is 53.0 Å². The Labute approximate surface area is 116 Å². The van der Waals surface area contributed by atoms with E-state index >= 15 is 0 Å². The summed E-state index contributed by atoms with van der Waals surface area (Å²) in [5, 5.41) is 13.6. The highest BCUT2D eigenvalue weighted by molar-refractivity contribution is 7.98. The fraction of sp³-hybridized carbons (Fsp3) is 0.727. The maximum absolute atomic E-state index is 11.9. The van der Waals surface area contributed by atoms with Crippen molar-refractivity contribution in [1.29, 1.82) is 0 Å². The van der Waals surface area contributed by atoms with Crippen LogP contribution in [0.2, 0.25) is 0 Å². The van der Waals surface area contributed by atoms with Crippen LogP contribution in [0, 0.1) is 0 Å². The summed E-state index contributed by atoms with van der Waals surface area (Å²) in [4.78, 5) is 34.1. The van der Waals surface area contributed by atoms with Gasteiger partial charge in [0.05, 0.1) is 6.04 Å². The number of carboxylic acid groups (broad SMARTS) is 1. The Morgan fingerprint density at radius 2 is 1.79 bits per heavy atom. The van der Waals surface area contributed by atoms with Gasteiger partial charge in [0.2, 0.25) is 11.8 Å². The molecule has 0 rings (SSSR count). The maximum Gasteiger partial charge on any atom is 0.325 e. The minimum Gasteiger partial charge on any atom is -0.480 e. The van der Waals surface area contributed by atoms with Gasteiger partial charge in [0.1, 0.15) is 12.1 Å². The first-order chi connectivity index (χ1) is 8.79. The Balaban J connectivity index is 4.59. The zero-order valence-electron chi connectivity index (χ0n) is 11.3. The molecular formula is C11H21N3O4S. The number of hydrogen-bond donors (Lipinski definition) is 4. The second-order valence-corrected chi connectivity index (χ2v) is 5.19. The third kappa shape index (κ3) is 7.02. The summed E-state index contributed by atoms with van der Waals surface area (Å²) in [5.41, 5.74) is 5.42. The maximum atomic E-state index is 11.9. The molecule has 0 fully saturated rings. The van der Waals surface area contributed by atoms with Crippen LogP contribution >= 0.6 is 11.8 Å². The van der Waals surface area contributed by atoms with E-state index in [9.17, 15) is 14.4 Å². The lowest BCUT2D eigenvalue weighted by atomic mass is 10.1. The Morgan fingerprint density at radius 3 is 2.21 bits per heavy atom. The van der Waals surface area contributed by atoms with E-state index in [1.165, 1.54) is 25.6 Å². The average Bonchev–Trinajstić information content (AvgIpc) is 2.33.